The maximum Gasteiger partial charge on any atom is 0.305 e. The van der Waals surface area contributed by atoms with E-state index in [0.717, 1.165) is 5.56 Å². The summed E-state index contributed by atoms with van der Waals surface area (Å²) in [5.41, 5.74) is 1.21. The fourth-order valence-corrected chi connectivity index (χ4v) is 2.73. The van der Waals surface area contributed by atoms with Crippen molar-refractivity contribution in [3.05, 3.63) is 58.8 Å². The van der Waals surface area contributed by atoms with Crippen LogP contribution < -0.4 is 14.4 Å². The van der Waals surface area contributed by atoms with Crippen LogP contribution in [0.5, 0.6) is 11.5 Å². The van der Waals surface area contributed by atoms with Crippen molar-refractivity contribution in [2.45, 2.75) is 6.42 Å². The molecule has 0 atom stereocenters. The Morgan fingerprint density at radius 1 is 1.27 bits per heavy atom. The minimum absolute atomic E-state index is 0.0187. The van der Waals surface area contributed by atoms with Gasteiger partial charge in [-0.25, -0.2) is 0 Å². The molecule has 1 N–H and O–H groups in total. The number of rotatable bonds is 5. The van der Waals surface area contributed by atoms with E-state index in [9.17, 15) is 9.59 Å². The van der Waals surface area contributed by atoms with Gasteiger partial charge in [-0.15, -0.1) is 0 Å². The van der Waals surface area contributed by atoms with Gasteiger partial charge in [0, 0.05) is 11.6 Å². The van der Waals surface area contributed by atoms with E-state index in [0.29, 0.717) is 22.2 Å². The molecule has 0 aromatic heterocycles. The normalized spacial score (nSPS) is 14.8. The van der Waals surface area contributed by atoms with E-state index in [1.807, 2.05) is 0 Å². The van der Waals surface area contributed by atoms with Gasteiger partial charge in [-0.1, -0.05) is 23.7 Å². The Hall–Kier alpha value is -2.99. The second-order valence-corrected chi connectivity index (χ2v) is 6.03. The van der Waals surface area contributed by atoms with Gasteiger partial charge in [0.15, 0.2) is 11.5 Å². The highest BCUT2D eigenvalue weighted by Gasteiger charge is 2.30. The van der Waals surface area contributed by atoms with Crippen molar-refractivity contribution in [2.24, 2.45) is 0 Å². The number of methoxy groups -OCH3 is 1. The van der Waals surface area contributed by atoms with Crippen molar-refractivity contribution >= 4 is 35.2 Å². The van der Waals surface area contributed by atoms with E-state index in [1.165, 1.54) is 4.90 Å². The number of benzene rings is 2. The molecule has 134 valence electrons. The molecule has 0 saturated heterocycles. The summed E-state index contributed by atoms with van der Waals surface area (Å²) < 4.78 is 10.8. The third-order valence-electron chi connectivity index (χ3n) is 3.85. The van der Waals surface area contributed by atoms with E-state index in [1.54, 1.807) is 55.7 Å². The summed E-state index contributed by atoms with van der Waals surface area (Å²) in [5.74, 6) is -0.161. The Morgan fingerprint density at radius 2 is 2.00 bits per heavy atom. The van der Waals surface area contributed by atoms with Crippen LogP contribution in [0, 0.1) is 0 Å². The molecule has 0 unspecified atom stereocenters. The third-order valence-corrected chi connectivity index (χ3v) is 4.09. The quantitative estimate of drug-likeness (QED) is 0.810. The molecule has 2 aromatic carbocycles. The standard InChI is InChI=1S/C19H16ClNO5/c1-25-14-5-2-12(3-6-14)10-17-19(24)21(9-8-18(22)23)15-11-13(20)4-7-16(15)26-17/h2-7,10-11H,8-9H2,1H3,(H,22,23)/b17-10+. The average molecular weight is 374 g/mol. The minimum atomic E-state index is -0.992. The summed E-state index contributed by atoms with van der Waals surface area (Å²) in [6, 6.07) is 12.0. The number of fused-ring (bicyclic) bond motifs is 1. The molecule has 1 aliphatic heterocycles. The predicted molar refractivity (Wildman–Crippen MR) is 97.7 cm³/mol. The number of halogens is 1. The highest BCUT2D eigenvalue weighted by molar-refractivity contribution is 6.31. The number of carbonyl (C=O) groups is 2. The lowest BCUT2D eigenvalue weighted by atomic mass is 10.1. The summed E-state index contributed by atoms with van der Waals surface area (Å²) in [4.78, 5) is 25.1. The van der Waals surface area contributed by atoms with Gasteiger partial charge in [0.05, 0.1) is 19.2 Å². The Bertz CT molecular complexity index is 876. The Kier molecular flexibility index (Phi) is 5.14. The first-order valence-corrected chi connectivity index (χ1v) is 8.22. The maximum absolute atomic E-state index is 12.8. The molecule has 7 heteroatoms. The van der Waals surface area contributed by atoms with E-state index in [4.69, 9.17) is 26.2 Å². The molecule has 3 rings (SSSR count). The van der Waals surface area contributed by atoms with Crippen LogP contribution in [0.4, 0.5) is 5.69 Å². The molecule has 0 saturated carbocycles. The molecule has 1 amide bonds. The highest BCUT2D eigenvalue weighted by atomic mass is 35.5. The van der Waals surface area contributed by atoms with Crippen LogP contribution in [0.3, 0.4) is 0 Å². The van der Waals surface area contributed by atoms with Gasteiger partial charge in [0.2, 0.25) is 0 Å². The molecule has 2 aromatic rings. The van der Waals surface area contributed by atoms with Gasteiger partial charge in [0.1, 0.15) is 5.75 Å². The SMILES string of the molecule is COc1ccc(/C=C2/Oc3ccc(Cl)cc3N(CCC(=O)O)C2=O)cc1. The number of hydrogen-bond donors (Lipinski definition) is 1. The summed E-state index contributed by atoms with van der Waals surface area (Å²) in [7, 11) is 1.57. The third kappa shape index (κ3) is 3.81. The molecule has 0 spiro atoms. The molecular formula is C19H16ClNO5. The predicted octanol–water partition coefficient (Wildman–Crippen LogP) is 3.59. The number of aliphatic carboxylic acids is 1. The second kappa shape index (κ2) is 7.49. The van der Waals surface area contributed by atoms with Gasteiger partial charge in [0.25, 0.3) is 5.91 Å². The molecule has 0 bridgehead atoms. The molecule has 0 aliphatic carbocycles. The summed E-state index contributed by atoms with van der Waals surface area (Å²) >= 11 is 6.01. The summed E-state index contributed by atoms with van der Waals surface area (Å²) in [6.45, 7) is 0.0187. The first-order chi connectivity index (χ1) is 12.5. The summed E-state index contributed by atoms with van der Waals surface area (Å²) in [5, 5.41) is 9.40. The van der Waals surface area contributed by atoms with Crippen molar-refractivity contribution in [2.75, 3.05) is 18.6 Å². The van der Waals surface area contributed by atoms with Crippen LogP contribution in [-0.2, 0) is 9.59 Å². The molecule has 1 aliphatic rings. The number of hydrogen-bond acceptors (Lipinski definition) is 4. The number of amides is 1. The van der Waals surface area contributed by atoms with Crippen LogP contribution >= 0.6 is 11.6 Å². The van der Waals surface area contributed by atoms with Crippen molar-refractivity contribution < 1.29 is 24.2 Å². The van der Waals surface area contributed by atoms with E-state index >= 15 is 0 Å². The second-order valence-electron chi connectivity index (χ2n) is 5.60. The number of ether oxygens (including phenoxy) is 2. The first-order valence-electron chi connectivity index (χ1n) is 7.85. The van der Waals surface area contributed by atoms with Crippen molar-refractivity contribution in [1.29, 1.82) is 0 Å². The average Bonchev–Trinajstić information content (AvgIpc) is 2.62. The minimum Gasteiger partial charge on any atom is -0.497 e. The molecular weight excluding hydrogens is 358 g/mol. The van der Waals surface area contributed by atoms with Crippen LogP contribution in [0.15, 0.2) is 48.2 Å². The van der Waals surface area contributed by atoms with Gasteiger partial charge >= 0.3 is 5.97 Å². The van der Waals surface area contributed by atoms with Gasteiger partial charge < -0.3 is 19.5 Å². The molecule has 1 heterocycles. The van der Waals surface area contributed by atoms with E-state index in [-0.39, 0.29) is 18.7 Å². The van der Waals surface area contributed by atoms with Gasteiger partial charge in [-0.05, 0) is 42.0 Å². The number of nitrogens with zero attached hydrogens (tertiary/aromatic N) is 1. The molecule has 0 radical (unpaired) electrons. The number of carbonyl (C=O) groups excluding carboxylic acids is 1. The number of carboxylic acids is 1. The van der Waals surface area contributed by atoms with Crippen molar-refractivity contribution in [3.8, 4) is 11.5 Å². The van der Waals surface area contributed by atoms with Crippen LogP contribution in [0.1, 0.15) is 12.0 Å². The Balaban J connectivity index is 1.97. The molecule has 0 fully saturated rings. The van der Waals surface area contributed by atoms with Crippen molar-refractivity contribution in [1.82, 2.24) is 0 Å². The topological polar surface area (TPSA) is 76.1 Å². The number of anilines is 1. The van der Waals surface area contributed by atoms with Gasteiger partial charge in [-0.3, -0.25) is 9.59 Å². The molecule has 26 heavy (non-hydrogen) atoms. The Morgan fingerprint density at radius 3 is 2.65 bits per heavy atom. The lowest BCUT2D eigenvalue weighted by molar-refractivity contribution is -0.136. The largest absolute Gasteiger partial charge is 0.497 e. The van der Waals surface area contributed by atoms with Crippen LogP contribution in [-0.4, -0.2) is 30.6 Å². The zero-order valence-corrected chi connectivity index (χ0v) is 14.7. The van der Waals surface area contributed by atoms with Crippen LogP contribution in [0.25, 0.3) is 6.08 Å². The maximum atomic E-state index is 12.8. The van der Waals surface area contributed by atoms with E-state index in [2.05, 4.69) is 0 Å². The van der Waals surface area contributed by atoms with Crippen molar-refractivity contribution in [3.63, 3.8) is 0 Å². The lowest BCUT2D eigenvalue weighted by Gasteiger charge is -2.30. The molecule has 6 nitrogen and oxygen atoms in total. The fourth-order valence-electron chi connectivity index (χ4n) is 2.56. The first kappa shape index (κ1) is 17.8. The van der Waals surface area contributed by atoms with E-state index < -0.39 is 11.9 Å². The van der Waals surface area contributed by atoms with Gasteiger partial charge in [-0.2, -0.15) is 0 Å². The van der Waals surface area contributed by atoms with Crippen LogP contribution in [0.2, 0.25) is 5.02 Å². The summed E-state index contributed by atoms with van der Waals surface area (Å²) in [6.07, 6.45) is 1.42. The lowest BCUT2D eigenvalue weighted by Crippen LogP contribution is -2.38. The fraction of sp³-hybridized carbons (Fsp3) is 0.158. The number of carboxylic acid groups (broad SMARTS) is 1. The smallest absolute Gasteiger partial charge is 0.305 e. The Labute approximate surface area is 155 Å². The monoisotopic (exact) mass is 373 g/mol. The highest BCUT2D eigenvalue weighted by Crippen LogP contribution is 2.37. The zero-order valence-electron chi connectivity index (χ0n) is 13.9. The zero-order chi connectivity index (χ0) is 18.7.